The zero-order valence-corrected chi connectivity index (χ0v) is 23.9. The minimum atomic E-state index is -5.08. The average Bonchev–Trinajstić information content (AvgIpc) is 3.45. The van der Waals surface area contributed by atoms with Crippen LogP contribution in [0.4, 0.5) is 13.2 Å². The molecule has 8 nitrogen and oxygen atoms in total. The molecule has 2 fully saturated rings. The van der Waals surface area contributed by atoms with Crippen molar-refractivity contribution in [1.29, 1.82) is 0 Å². The van der Waals surface area contributed by atoms with Crippen LogP contribution < -0.4 is 5.32 Å². The number of hydrogen-bond acceptors (Lipinski definition) is 5. The first-order valence-corrected chi connectivity index (χ1v) is 13.6. The number of carbonyl (C=O) groups is 3. The molecule has 2 aliphatic heterocycles. The highest BCUT2D eigenvalue weighted by Gasteiger charge is 2.42. The van der Waals surface area contributed by atoms with Crippen molar-refractivity contribution in [1.82, 2.24) is 20.0 Å². The second kappa shape index (κ2) is 14.0. The van der Waals surface area contributed by atoms with Crippen LogP contribution in [-0.2, 0) is 9.59 Å². The SMILES string of the molecule is Cc1cccc(C)c1C(=O)N1CC2CN(CCC(NC(=O)CN(C)C)c3ccccc3)C[C@H]2C1.O=C(O)C(F)(F)F. The van der Waals surface area contributed by atoms with Crippen molar-refractivity contribution < 1.29 is 32.7 Å². The van der Waals surface area contributed by atoms with Crippen LogP contribution in [0.3, 0.4) is 0 Å². The Labute approximate surface area is 239 Å². The van der Waals surface area contributed by atoms with Crippen molar-refractivity contribution >= 4 is 17.8 Å². The van der Waals surface area contributed by atoms with E-state index >= 15 is 0 Å². The molecule has 2 aromatic rings. The Morgan fingerprint density at radius 1 is 0.951 bits per heavy atom. The molecule has 3 atom stereocenters. The standard InChI is InChI=1S/C28H38N4O2.C2HF3O2/c1-20-9-8-10-21(2)27(20)28(34)32-17-23-15-31(16-24(23)18-32)14-13-25(22-11-6-5-7-12-22)29-26(33)19-30(3)4;3-2(4,5)1(6)7/h5-12,23-25H,13-19H2,1-4H3,(H,29,33);(H,6,7)/t23-,24?,25?;/m0./s1. The summed E-state index contributed by atoms with van der Waals surface area (Å²) in [5.74, 6) is -1.45. The van der Waals surface area contributed by atoms with Crippen molar-refractivity contribution in [2.24, 2.45) is 11.8 Å². The number of hydrogen-bond donors (Lipinski definition) is 2. The Morgan fingerprint density at radius 3 is 1.98 bits per heavy atom. The van der Waals surface area contributed by atoms with Crippen molar-refractivity contribution in [3.63, 3.8) is 0 Å². The number of nitrogens with zero attached hydrogens (tertiary/aromatic N) is 3. The highest BCUT2D eigenvalue weighted by molar-refractivity contribution is 5.97. The fourth-order valence-corrected chi connectivity index (χ4v) is 5.59. The van der Waals surface area contributed by atoms with Crippen LogP contribution in [0.15, 0.2) is 48.5 Å². The van der Waals surface area contributed by atoms with Crippen LogP contribution in [0.2, 0.25) is 0 Å². The molecule has 0 radical (unpaired) electrons. The molecule has 11 heteroatoms. The van der Waals surface area contributed by atoms with Crippen molar-refractivity contribution in [3.8, 4) is 0 Å². The van der Waals surface area contributed by atoms with Gasteiger partial charge < -0.3 is 25.1 Å². The van der Waals surface area contributed by atoms with Gasteiger partial charge in [0.2, 0.25) is 5.91 Å². The maximum absolute atomic E-state index is 13.2. The van der Waals surface area contributed by atoms with Crippen LogP contribution >= 0.6 is 0 Å². The first-order valence-electron chi connectivity index (χ1n) is 13.6. The number of aryl methyl sites for hydroxylation is 2. The predicted octanol–water partition coefficient (Wildman–Crippen LogP) is 3.75. The van der Waals surface area contributed by atoms with Crippen LogP contribution in [0, 0.1) is 25.7 Å². The van der Waals surface area contributed by atoms with Gasteiger partial charge in [0.05, 0.1) is 12.6 Å². The molecular weight excluding hydrogens is 537 g/mol. The monoisotopic (exact) mass is 576 g/mol. The molecule has 2 saturated heterocycles. The summed E-state index contributed by atoms with van der Waals surface area (Å²) in [4.78, 5) is 41.0. The van der Waals surface area contributed by atoms with E-state index in [1.807, 2.05) is 69.2 Å². The maximum atomic E-state index is 13.2. The molecule has 2 heterocycles. The maximum Gasteiger partial charge on any atom is 0.490 e. The fourth-order valence-electron chi connectivity index (χ4n) is 5.59. The van der Waals surface area contributed by atoms with E-state index < -0.39 is 12.1 Å². The largest absolute Gasteiger partial charge is 0.490 e. The quantitative estimate of drug-likeness (QED) is 0.498. The van der Waals surface area contributed by atoms with E-state index in [1.165, 1.54) is 0 Å². The summed E-state index contributed by atoms with van der Waals surface area (Å²) in [5.41, 5.74) is 4.15. The Morgan fingerprint density at radius 2 is 1.49 bits per heavy atom. The average molecular weight is 577 g/mol. The molecule has 0 aromatic heterocycles. The molecule has 2 amide bonds. The number of benzene rings is 2. The minimum absolute atomic E-state index is 0.0104. The fraction of sp³-hybridized carbons (Fsp3) is 0.500. The minimum Gasteiger partial charge on any atom is -0.475 e. The summed E-state index contributed by atoms with van der Waals surface area (Å²) < 4.78 is 31.7. The molecule has 224 valence electrons. The van der Waals surface area contributed by atoms with Crippen LogP contribution in [0.5, 0.6) is 0 Å². The zero-order chi connectivity index (χ0) is 30.3. The van der Waals surface area contributed by atoms with Gasteiger partial charge >= 0.3 is 12.1 Å². The molecule has 41 heavy (non-hydrogen) atoms. The molecular formula is C30H39F3N4O4. The summed E-state index contributed by atoms with van der Waals surface area (Å²) in [7, 11) is 3.82. The van der Waals surface area contributed by atoms with Crippen LogP contribution in [-0.4, -0.2) is 97.1 Å². The van der Waals surface area contributed by atoms with E-state index in [0.717, 1.165) is 61.4 Å². The number of alkyl halides is 3. The third-order valence-electron chi connectivity index (χ3n) is 7.52. The first-order chi connectivity index (χ1) is 19.3. The number of carboxylic acids is 1. The number of carboxylic acid groups (broad SMARTS) is 1. The molecule has 2 unspecified atom stereocenters. The predicted molar refractivity (Wildman–Crippen MR) is 149 cm³/mol. The smallest absolute Gasteiger partial charge is 0.475 e. The lowest BCUT2D eigenvalue weighted by atomic mass is 10.0. The van der Waals surface area contributed by atoms with Crippen molar-refractivity contribution in [2.45, 2.75) is 32.5 Å². The van der Waals surface area contributed by atoms with Gasteiger partial charge in [0.25, 0.3) is 5.91 Å². The van der Waals surface area contributed by atoms with E-state index in [1.54, 1.807) is 0 Å². The second-order valence-corrected chi connectivity index (χ2v) is 11.1. The van der Waals surface area contributed by atoms with E-state index in [2.05, 4.69) is 27.2 Å². The Balaban J connectivity index is 0.000000587. The van der Waals surface area contributed by atoms with Gasteiger partial charge in [-0.05, 0) is 62.9 Å². The summed E-state index contributed by atoms with van der Waals surface area (Å²) in [5, 5.41) is 10.4. The lowest BCUT2D eigenvalue weighted by Crippen LogP contribution is -2.38. The number of likely N-dealkylation sites (tertiary alicyclic amines) is 2. The van der Waals surface area contributed by atoms with E-state index in [-0.39, 0.29) is 17.9 Å². The lowest BCUT2D eigenvalue weighted by molar-refractivity contribution is -0.192. The summed E-state index contributed by atoms with van der Waals surface area (Å²) in [6.07, 6.45) is -4.20. The van der Waals surface area contributed by atoms with Gasteiger partial charge in [0, 0.05) is 38.3 Å². The van der Waals surface area contributed by atoms with Crippen molar-refractivity contribution in [3.05, 3.63) is 70.8 Å². The summed E-state index contributed by atoms with van der Waals surface area (Å²) in [6.45, 7) is 9.12. The number of fused-ring (bicyclic) bond motifs is 1. The third-order valence-corrected chi connectivity index (χ3v) is 7.52. The van der Waals surface area contributed by atoms with Gasteiger partial charge in [0.1, 0.15) is 0 Å². The molecule has 2 aromatic carbocycles. The molecule has 0 saturated carbocycles. The third kappa shape index (κ3) is 9.02. The number of likely N-dealkylation sites (N-methyl/N-ethyl adjacent to an activating group) is 1. The van der Waals surface area contributed by atoms with E-state index in [4.69, 9.17) is 9.90 Å². The van der Waals surface area contributed by atoms with E-state index in [0.29, 0.717) is 18.4 Å². The Hall–Kier alpha value is -3.44. The normalized spacial score (nSPS) is 19.4. The summed E-state index contributed by atoms with van der Waals surface area (Å²) >= 11 is 0. The molecule has 2 N–H and O–H groups in total. The molecule has 0 spiro atoms. The van der Waals surface area contributed by atoms with Crippen molar-refractivity contribution in [2.75, 3.05) is 53.4 Å². The molecule has 0 aliphatic carbocycles. The van der Waals surface area contributed by atoms with E-state index in [9.17, 15) is 22.8 Å². The Bertz CT molecular complexity index is 1170. The number of amides is 2. The van der Waals surface area contributed by atoms with Gasteiger partial charge in [-0.15, -0.1) is 0 Å². The Kier molecular flexibility index (Phi) is 10.9. The second-order valence-electron chi connectivity index (χ2n) is 11.1. The number of rotatable bonds is 8. The van der Waals surface area contributed by atoms with Crippen LogP contribution in [0.25, 0.3) is 0 Å². The van der Waals surface area contributed by atoms with Gasteiger partial charge in [-0.25, -0.2) is 4.79 Å². The van der Waals surface area contributed by atoms with Gasteiger partial charge in [-0.3, -0.25) is 9.59 Å². The lowest BCUT2D eigenvalue weighted by Gasteiger charge is -2.25. The molecule has 0 bridgehead atoms. The topological polar surface area (TPSA) is 93.2 Å². The highest BCUT2D eigenvalue weighted by atomic mass is 19.4. The first kappa shape index (κ1) is 32.1. The number of halogens is 3. The number of carbonyl (C=O) groups excluding carboxylic acids is 2. The zero-order valence-electron chi connectivity index (χ0n) is 23.9. The van der Waals surface area contributed by atoms with Gasteiger partial charge in [-0.2, -0.15) is 13.2 Å². The summed E-state index contributed by atoms with van der Waals surface area (Å²) in [6, 6.07) is 16.3. The highest BCUT2D eigenvalue weighted by Crippen LogP contribution is 2.33. The van der Waals surface area contributed by atoms with Gasteiger partial charge in [0.15, 0.2) is 0 Å². The molecule has 4 rings (SSSR count). The van der Waals surface area contributed by atoms with Crippen LogP contribution in [0.1, 0.15) is 39.5 Å². The van der Waals surface area contributed by atoms with Gasteiger partial charge in [-0.1, -0.05) is 48.5 Å². The molecule has 2 aliphatic rings. The number of aliphatic carboxylic acids is 1. The number of nitrogens with one attached hydrogen (secondary N) is 1.